The molecule has 0 atom stereocenters. The summed E-state index contributed by atoms with van der Waals surface area (Å²) in [6.45, 7) is 0. The van der Waals surface area contributed by atoms with Crippen LogP contribution < -0.4 is 10.5 Å². The molecule has 15 heavy (non-hydrogen) atoms. The number of nitrogen functional groups attached to an aromatic ring is 1. The Bertz CT molecular complexity index is 466. The summed E-state index contributed by atoms with van der Waals surface area (Å²) in [6.07, 6.45) is 0. The van der Waals surface area contributed by atoms with Crippen molar-refractivity contribution in [3.63, 3.8) is 0 Å². The van der Waals surface area contributed by atoms with Gasteiger partial charge in [-0.05, 0) is 23.8 Å². The third kappa shape index (κ3) is 1.94. The zero-order chi connectivity index (χ0) is 10.7. The van der Waals surface area contributed by atoms with Crippen molar-refractivity contribution in [2.75, 3.05) is 12.8 Å². The molecule has 0 amide bonds. The fourth-order valence-corrected chi connectivity index (χ4v) is 1.55. The normalized spacial score (nSPS) is 9.93. The van der Waals surface area contributed by atoms with E-state index in [2.05, 4.69) is 0 Å². The summed E-state index contributed by atoms with van der Waals surface area (Å²) in [7, 11) is 1.66. The Balaban J connectivity index is 2.49. The summed E-state index contributed by atoms with van der Waals surface area (Å²) < 4.78 is 5.18. The number of ether oxygens (including phenoxy) is 1. The molecule has 0 heterocycles. The average Bonchev–Trinajstić information content (AvgIpc) is 2.30. The van der Waals surface area contributed by atoms with Crippen molar-refractivity contribution in [2.24, 2.45) is 0 Å². The topological polar surface area (TPSA) is 35.2 Å². The minimum Gasteiger partial charge on any atom is -0.497 e. The van der Waals surface area contributed by atoms with Gasteiger partial charge in [0, 0.05) is 11.3 Å². The Morgan fingerprint density at radius 1 is 1.00 bits per heavy atom. The molecule has 2 aromatic carbocycles. The van der Waals surface area contributed by atoms with E-state index in [9.17, 15) is 0 Å². The molecule has 0 aliphatic rings. The molecule has 2 rings (SSSR count). The van der Waals surface area contributed by atoms with Gasteiger partial charge in [-0.2, -0.15) is 0 Å². The minimum absolute atomic E-state index is 0.783. The van der Waals surface area contributed by atoms with Crippen LogP contribution in [0.15, 0.2) is 48.5 Å². The third-order valence-corrected chi connectivity index (χ3v) is 2.34. The van der Waals surface area contributed by atoms with Crippen LogP contribution in [0.3, 0.4) is 0 Å². The zero-order valence-corrected chi connectivity index (χ0v) is 8.60. The number of methoxy groups -OCH3 is 1. The molecule has 0 aliphatic heterocycles. The van der Waals surface area contributed by atoms with Crippen molar-refractivity contribution in [1.82, 2.24) is 0 Å². The maximum atomic E-state index is 5.90. The first-order valence-electron chi connectivity index (χ1n) is 4.80. The average molecular weight is 199 g/mol. The largest absolute Gasteiger partial charge is 0.497 e. The smallest absolute Gasteiger partial charge is 0.119 e. The predicted molar refractivity (Wildman–Crippen MR) is 62.8 cm³/mol. The Kier molecular flexibility index (Phi) is 2.59. The van der Waals surface area contributed by atoms with Crippen molar-refractivity contribution >= 4 is 5.69 Å². The Morgan fingerprint density at radius 3 is 2.53 bits per heavy atom. The second kappa shape index (κ2) is 4.05. The van der Waals surface area contributed by atoms with E-state index in [1.54, 1.807) is 7.11 Å². The molecule has 0 fully saturated rings. The quantitative estimate of drug-likeness (QED) is 0.755. The van der Waals surface area contributed by atoms with Gasteiger partial charge in [0.15, 0.2) is 0 Å². The first kappa shape index (κ1) is 9.59. The Morgan fingerprint density at radius 2 is 1.80 bits per heavy atom. The van der Waals surface area contributed by atoms with E-state index in [1.165, 1.54) is 0 Å². The van der Waals surface area contributed by atoms with E-state index >= 15 is 0 Å². The van der Waals surface area contributed by atoms with Crippen molar-refractivity contribution in [2.45, 2.75) is 0 Å². The molecular formula is C13H13NO. The number of rotatable bonds is 2. The first-order chi connectivity index (χ1) is 7.31. The predicted octanol–water partition coefficient (Wildman–Crippen LogP) is 2.94. The van der Waals surface area contributed by atoms with E-state index in [0.29, 0.717) is 0 Å². The molecule has 76 valence electrons. The summed E-state index contributed by atoms with van der Waals surface area (Å²) in [5.41, 5.74) is 8.80. The van der Waals surface area contributed by atoms with Gasteiger partial charge in [-0.25, -0.2) is 0 Å². The first-order valence-corrected chi connectivity index (χ1v) is 4.80. The lowest BCUT2D eigenvalue weighted by Crippen LogP contribution is -1.89. The second-order valence-electron chi connectivity index (χ2n) is 3.32. The van der Waals surface area contributed by atoms with Gasteiger partial charge in [0.1, 0.15) is 5.75 Å². The molecule has 2 heteroatoms. The van der Waals surface area contributed by atoms with Crippen LogP contribution in [0.4, 0.5) is 5.69 Å². The van der Waals surface area contributed by atoms with Gasteiger partial charge in [0.2, 0.25) is 0 Å². The summed E-state index contributed by atoms with van der Waals surface area (Å²) in [5, 5.41) is 0. The van der Waals surface area contributed by atoms with Crippen LogP contribution in [-0.4, -0.2) is 7.11 Å². The fourth-order valence-electron chi connectivity index (χ4n) is 1.55. The highest BCUT2D eigenvalue weighted by atomic mass is 16.5. The zero-order valence-electron chi connectivity index (χ0n) is 8.60. The Hall–Kier alpha value is -1.96. The molecule has 0 aromatic heterocycles. The maximum absolute atomic E-state index is 5.90. The summed E-state index contributed by atoms with van der Waals surface area (Å²) in [6, 6.07) is 15.7. The van der Waals surface area contributed by atoms with Crippen molar-refractivity contribution in [3.05, 3.63) is 48.5 Å². The third-order valence-electron chi connectivity index (χ3n) is 2.34. The van der Waals surface area contributed by atoms with Crippen LogP contribution >= 0.6 is 0 Å². The van der Waals surface area contributed by atoms with Crippen LogP contribution in [0.5, 0.6) is 5.75 Å². The highest BCUT2D eigenvalue weighted by molar-refractivity contribution is 5.76. The molecule has 0 radical (unpaired) electrons. The molecule has 0 spiro atoms. The number of nitrogens with two attached hydrogens (primary N) is 1. The standard InChI is InChI=1S/C13H13NO/c1-15-11-6-4-5-10(9-11)12-7-2-3-8-13(12)14/h2-9H,14H2,1H3. The second-order valence-corrected chi connectivity index (χ2v) is 3.32. The fraction of sp³-hybridized carbons (Fsp3) is 0.0769. The van der Waals surface area contributed by atoms with Gasteiger partial charge in [-0.1, -0.05) is 30.3 Å². The Labute approximate surface area is 89.3 Å². The number of hydrogen-bond acceptors (Lipinski definition) is 2. The lowest BCUT2D eigenvalue weighted by Gasteiger charge is -2.07. The number of para-hydroxylation sites is 1. The molecule has 0 aliphatic carbocycles. The van der Waals surface area contributed by atoms with Crippen LogP contribution in [0, 0.1) is 0 Å². The van der Waals surface area contributed by atoms with Crippen LogP contribution in [0.1, 0.15) is 0 Å². The lowest BCUT2D eigenvalue weighted by molar-refractivity contribution is 0.415. The van der Waals surface area contributed by atoms with E-state index in [-0.39, 0.29) is 0 Å². The van der Waals surface area contributed by atoms with Gasteiger partial charge in [0.05, 0.1) is 7.11 Å². The van der Waals surface area contributed by atoms with Crippen LogP contribution in [-0.2, 0) is 0 Å². The number of hydrogen-bond donors (Lipinski definition) is 1. The summed E-state index contributed by atoms with van der Waals surface area (Å²) >= 11 is 0. The lowest BCUT2D eigenvalue weighted by atomic mass is 10.0. The van der Waals surface area contributed by atoms with E-state index < -0.39 is 0 Å². The highest BCUT2D eigenvalue weighted by Crippen LogP contribution is 2.27. The van der Waals surface area contributed by atoms with E-state index in [1.807, 2.05) is 48.5 Å². The number of anilines is 1. The van der Waals surface area contributed by atoms with Crippen molar-refractivity contribution < 1.29 is 4.74 Å². The van der Waals surface area contributed by atoms with Crippen LogP contribution in [0.25, 0.3) is 11.1 Å². The summed E-state index contributed by atoms with van der Waals surface area (Å²) in [4.78, 5) is 0. The molecule has 2 N–H and O–H groups in total. The molecule has 0 unspecified atom stereocenters. The molecule has 2 aromatic rings. The van der Waals surface area contributed by atoms with Gasteiger partial charge in [0.25, 0.3) is 0 Å². The van der Waals surface area contributed by atoms with E-state index in [0.717, 1.165) is 22.6 Å². The van der Waals surface area contributed by atoms with Crippen molar-refractivity contribution in [3.8, 4) is 16.9 Å². The molecule has 2 nitrogen and oxygen atoms in total. The molecule has 0 saturated heterocycles. The minimum atomic E-state index is 0.783. The van der Waals surface area contributed by atoms with Gasteiger partial charge < -0.3 is 10.5 Å². The van der Waals surface area contributed by atoms with Gasteiger partial charge in [-0.3, -0.25) is 0 Å². The monoisotopic (exact) mass is 199 g/mol. The summed E-state index contributed by atoms with van der Waals surface area (Å²) in [5.74, 6) is 0.843. The molecular weight excluding hydrogens is 186 g/mol. The van der Waals surface area contributed by atoms with E-state index in [4.69, 9.17) is 10.5 Å². The molecule has 0 saturated carbocycles. The van der Waals surface area contributed by atoms with Gasteiger partial charge in [-0.15, -0.1) is 0 Å². The highest BCUT2D eigenvalue weighted by Gasteiger charge is 2.01. The molecule has 0 bridgehead atoms. The van der Waals surface area contributed by atoms with Crippen molar-refractivity contribution in [1.29, 1.82) is 0 Å². The van der Waals surface area contributed by atoms with Crippen LogP contribution in [0.2, 0.25) is 0 Å². The SMILES string of the molecule is COc1cccc(-c2ccccc2N)c1. The van der Waals surface area contributed by atoms with Gasteiger partial charge >= 0.3 is 0 Å². The number of benzene rings is 2. The maximum Gasteiger partial charge on any atom is 0.119 e.